The van der Waals surface area contributed by atoms with Gasteiger partial charge in [-0.15, -0.1) is 0 Å². The molecule has 120 valence electrons. The molecule has 1 rings (SSSR count). The maximum Gasteiger partial charge on any atom is 0.0810 e. The molecule has 1 fully saturated rings. The zero-order valence-electron chi connectivity index (χ0n) is 13.6. The third-order valence-corrected chi connectivity index (χ3v) is 3.99. The number of methoxy groups -OCH3 is 1. The zero-order chi connectivity index (χ0) is 14.7. The Kier molecular flexibility index (Phi) is 9.44. The second-order valence-electron chi connectivity index (χ2n) is 6.01. The van der Waals surface area contributed by atoms with Gasteiger partial charge in [0.15, 0.2) is 0 Å². The van der Waals surface area contributed by atoms with E-state index in [1.54, 1.807) is 7.11 Å². The first kappa shape index (κ1) is 17.9. The van der Waals surface area contributed by atoms with Gasteiger partial charge in [0.2, 0.25) is 0 Å². The van der Waals surface area contributed by atoms with Crippen LogP contribution in [0.1, 0.15) is 46.0 Å². The minimum absolute atomic E-state index is 0.0253. The summed E-state index contributed by atoms with van der Waals surface area (Å²) in [5.41, 5.74) is 0.0253. The predicted octanol–water partition coefficient (Wildman–Crippen LogP) is 2.61. The molecule has 0 heterocycles. The summed E-state index contributed by atoms with van der Waals surface area (Å²) >= 11 is 0. The summed E-state index contributed by atoms with van der Waals surface area (Å²) in [6.45, 7) is 9.24. The molecule has 0 radical (unpaired) electrons. The highest BCUT2D eigenvalue weighted by molar-refractivity contribution is 4.89. The van der Waals surface area contributed by atoms with Crippen molar-refractivity contribution in [3.63, 3.8) is 0 Å². The number of hydrogen-bond acceptors (Lipinski definition) is 4. The fourth-order valence-corrected chi connectivity index (χ4v) is 3.01. The van der Waals surface area contributed by atoms with Crippen molar-refractivity contribution in [3.8, 4) is 0 Å². The van der Waals surface area contributed by atoms with E-state index < -0.39 is 0 Å². The van der Waals surface area contributed by atoms with Gasteiger partial charge in [-0.25, -0.2) is 0 Å². The molecule has 1 aliphatic carbocycles. The Balaban J connectivity index is 2.30. The van der Waals surface area contributed by atoms with Crippen LogP contribution in [0.3, 0.4) is 0 Å². The largest absolute Gasteiger partial charge is 0.382 e. The topological polar surface area (TPSA) is 39.7 Å². The number of hydrogen-bond donors (Lipinski definition) is 1. The fraction of sp³-hybridized carbons (Fsp3) is 1.00. The number of rotatable bonds is 11. The summed E-state index contributed by atoms with van der Waals surface area (Å²) < 4.78 is 16.7. The smallest absolute Gasteiger partial charge is 0.0810 e. The molecular weight excluding hydrogens is 254 g/mol. The number of ether oxygens (including phenoxy) is 3. The van der Waals surface area contributed by atoms with Crippen molar-refractivity contribution < 1.29 is 14.2 Å². The molecule has 0 saturated heterocycles. The van der Waals surface area contributed by atoms with Crippen LogP contribution < -0.4 is 5.32 Å². The van der Waals surface area contributed by atoms with Gasteiger partial charge in [0.05, 0.1) is 32.0 Å². The lowest BCUT2D eigenvalue weighted by atomic mass is 9.78. The minimum atomic E-state index is 0.0253. The molecule has 0 aromatic carbocycles. The van der Waals surface area contributed by atoms with Crippen LogP contribution in [0.15, 0.2) is 0 Å². The van der Waals surface area contributed by atoms with E-state index >= 15 is 0 Å². The Morgan fingerprint density at radius 2 is 2.00 bits per heavy atom. The van der Waals surface area contributed by atoms with E-state index in [1.807, 2.05) is 0 Å². The first-order chi connectivity index (χ1) is 9.72. The predicted molar refractivity (Wildman–Crippen MR) is 82.2 cm³/mol. The highest BCUT2D eigenvalue weighted by Crippen LogP contribution is 2.34. The van der Waals surface area contributed by atoms with Gasteiger partial charge in [-0.2, -0.15) is 0 Å². The van der Waals surface area contributed by atoms with Gasteiger partial charge in [-0.1, -0.05) is 26.7 Å². The average molecular weight is 287 g/mol. The van der Waals surface area contributed by atoms with Crippen molar-refractivity contribution in [3.05, 3.63) is 0 Å². The zero-order valence-corrected chi connectivity index (χ0v) is 13.6. The van der Waals surface area contributed by atoms with Crippen LogP contribution in [0.5, 0.6) is 0 Å². The summed E-state index contributed by atoms with van der Waals surface area (Å²) in [5.74, 6) is 0.765. The van der Waals surface area contributed by atoms with Crippen LogP contribution >= 0.6 is 0 Å². The van der Waals surface area contributed by atoms with Crippen molar-refractivity contribution in [2.24, 2.45) is 5.92 Å². The molecule has 1 aliphatic rings. The molecule has 1 saturated carbocycles. The lowest BCUT2D eigenvalue weighted by Gasteiger charge is -2.40. The van der Waals surface area contributed by atoms with E-state index in [4.69, 9.17) is 14.2 Å². The van der Waals surface area contributed by atoms with E-state index in [0.29, 0.717) is 26.4 Å². The van der Waals surface area contributed by atoms with Crippen LogP contribution in [-0.2, 0) is 14.2 Å². The van der Waals surface area contributed by atoms with Crippen LogP contribution in [0.2, 0.25) is 0 Å². The van der Waals surface area contributed by atoms with Gasteiger partial charge in [0.25, 0.3) is 0 Å². The molecule has 2 atom stereocenters. The Hall–Kier alpha value is -0.160. The van der Waals surface area contributed by atoms with Crippen molar-refractivity contribution in [1.82, 2.24) is 5.32 Å². The molecule has 0 amide bonds. The van der Waals surface area contributed by atoms with E-state index in [1.165, 1.54) is 32.1 Å². The number of nitrogens with one attached hydrogen (secondary N) is 1. The highest BCUT2D eigenvalue weighted by Gasteiger charge is 2.35. The normalized spacial score (nSPS) is 26.9. The standard InChI is InChI=1S/C16H33NO3/c1-4-8-17-14-16(7-5-6-15(2)13-16)20-12-11-19-10-9-18-3/h15,17H,4-14H2,1-3H3. The van der Waals surface area contributed by atoms with Crippen molar-refractivity contribution in [2.75, 3.05) is 46.6 Å². The molecule has 0 bridgehead atoms. The Labute approximate surface area is 124 Å². The monoisotopic (exact) mass is 287 g/mol. The van der Waals surface area contributed by atoms with Gasteiger partial charge >= 0.3 is 0 Å². The lowest BCUT2D eigenvalue weighted by Crippen LogP contribution is -2.47. The quantitative estimate of drug-likeness (QED) is 0.593. The van der Waals surface area contributed by atoms with E-state index in [-0.39, 0.29) is 5.60 Å². The molecule has 0 aromatic heterocycles. The van der Waals surface area contributed by atoms with Crippen LogP contribution in [-0.4, -0.2) is 52.2 Å². The molecule has 4 nitrogen and oxygen atoms in total. The highest BCUT2D eigenvalue weighted by atomic mass is 16.5. The van der Waals surface area contributed by atoms with Gasteiger partial charge in [-0.05, 0) is 31.7 Å². The van der Waals surface area contributed by atoms with Gasteiger partial charge in [0, 0.05) is 13.7 Å². The SMILES string of the molecule is CCCNCC1(OCCOCCOC)CCCC(C)C1. The van der Waals surface area contributed by atoms with Crippen molar-refractivity contribution in [1.29, 1.82) is 0 Å². The maximum absolute atomic E-state index is 6.24. The third kappa shape index (κ3) is 7.02. The third-order valence-electron chi connectivity index (χ3n) is 3.99. The summed E-state index contributed by atoms with van der Waals surface area (Å²) in [6.07, 6.45) is 6.13. The van der Waals surface area contributed by atoms with Crippen LogP contribution in [0.25, 0.3) is 0 Å². The Morgan fingerprint density at radius 3 is 2.70 bits per heavy atom. The van der Waals surface area contributed by atoms with Crippen LogP contribution in [0, 0.1) is 5.92 Å². The fourth-order valence-electron chi connectivity index (χ4n) is 3.01. The molecule has 1 N–H and O–H groups in total. The van der Waals surface area contributed by atoms with Crippen LogP contribution in [0.4, 0.5) is 0 Å². The van der Waals surface area contributed by atoms with Gasteiger partial charge < -0.3 is 19.5 Å². The second-order valence-corrected chi connectivity index (χ2v) is 6.01. The van der Waals surface area contributed by atoms with E-state index in [0.717, 1.165) is 19.0 Å². The molecular formula is C16H33NO3. The van der Waals surface area contributed by atoms with Crippen molar-refractivity contribution in [2.45, 2.75) is 51.6 Å². The lowest BCUT2D eigenvalue weighted by molar-refractivity contribution is -0.0968. The molecule has 0 spiro atoms. The molecule has 0 aromatic rings. The first-order valence-corrected chi connectivity index (χ1v) is 8.14. The Morgan fingerprint density at radius 1 is 1.20 bits per heavy atom. The molecule has 2 unspecified atom stereocenters. The average Bonchev–Trinajstić information content (AvgIpc) is 2.43. The summed E-state index contributed by atoms with van der Waals surface area (Å²) in [7, 11) is 1.69. The summed E-state index contributed by atoms with van der Waals surface area (Å²) in [5, 5.41) is 3.54. The van der Waals surface area contributed by atoms with Gasteiger partial charge in [0.1, 0.15) is 0 Å². The van der Waals surface area contributed by atoms with E-state index in [2.05, 4.69) is 19.2 Å². The Bertz CT molecular complexity index is 238. The maximum atomic E-state index is 6.24. The van der Waals surface area contributed by atoms with E-state index in [9.17, 15) is 0 Å². The first-order valence-electron chi connectivity index (χ1n) is 8.14. The molecule has 20 heavy (non-hydrogen) atoms. The van der Waals surface area contributed by atoms with Crippen molar-refractivity contribution >= 4 is 0 Å². The molecule has 4 heteroatoms. The molecule has 0 aliphatic heterocycles. The summed E-state index contributed by atoms with van der Waals surface area (Å²) in [4.78, 5) is 0. The van der Waals surface area contributed by atoms with Gasteiger partial charge in [-0.3, -0.25) is 0 Å². The minimum Gasteiger partial charge on any atom is -0.382 e. The second kappa shape index (κ2) is 10.6. The summed E-state index contributed by atoms with van der Waals surface area (Å²) in [6, 6.07) is 0.